The van der Waals surface area contributed by atoms with Gasteiger partial charge in [-0.05, 0) is 37.6 Å². The van der Waals surface area contributed by atoms with Gasteiger partial charge < -0.3 is 21.3 Å². The van der Waals surface area contributed by atoms with Crippen LogP contribution in [0.4, 0.5) is 23.1 Å². The maximum absolute atomic E-state index is 13.0. The van der Waals surface area contributed by atoms with Crippen molar-refractivity contribution in [2.24, 2.45) is 5.73 Å². The van der Waals surface area contributed by atoms with E-state index >= 15 is 0 Å². The summed E-state index contributed by atoms with van der Waals surface area (Å²) in [7, 11) is 0. The zero-order chi connectivity index (χ0) is 20.4. The number of nitrogens with one attached hydrogen (secondary N) is 3. The average molecular weight is 413 g/mol. The van der Waals surface area contributed by atoms with Crippen LogP contribution >= 0.6 is 11.6 Å². The Balaban J connectivity index is 1.65. The van der Waals surface area contributed by atoms with Crippen molar-refractivity contribution in [1.82, 2.24) is 25.1 Å². The Morgan fingerprint density at radius 2 is 2.07 bits per heavy atom. The van der Waals surface area contributed by atoms with Gasteiger partial charge in [0.25, 0.3) is 5.91 Å². The number of anilines is 4. The van der Waals surface area contributed by atoms with Gasteiger partial charge in [-0.3, -0.25) is 9.89 Å². The van der Waals surface area contributed by atoms with Gasteiger partial charge in [0.1, 0.15) is 0 Å². The summed E-state index contributed by atoms with van der Waals surface area (Å²) in [6.07, 6.45) is 2.29. The Bertz CT molecular complexity index is 1020. The topological polar surface area (TPSA) is 125 Å². The van der Waals surface area contributed by atoms with Crippen molar-refractivity contribution >= 4 is 40.6 Å². The molecule has 2 aromatic heterocycles. The first kappa shape index (κ1) is 19.2. The molecule has 0 aliphatic carbocycles. The number of benzene rings is 1. The molecule has 150 valence electrons. The van der Waals surface area contributed by atoms with Gasteiger partial charge in [0.05, 0.1) is 6.20 Å². The van der Waals surface area contributed by atoms with Crippen LogP contribution in [0.15, 0.2) is 36.5 Å². The second kappa shape index (κ2) is 8.06. The number of aromatic amines is 1. The third-order valence-electron chi connectivity index (χ3n) is 4.56. The molecule has 0 unspecified atom stereocenters. The van der Waals surface area contributed by atoms with Crippen LogP contribution < -0.4 is 16.4 Å². The van der Waals surface area contributed by atoms with Crippen LogP contribution in [0.1, 0.15) is 22.6 Å². The number of rotatable bonds is 5. The van der Waals surface area contributed by atoms with Gasteiger partial charge in [-0.1, -0.05) is 11.6 Å². The summed E-state index contributed by atoms with van der Waals surface area (Å²) in [5.74, 6) is 1.21. The largest absolute Gasteiger partial charge is 0.338 e. The molecule has 1 aliphatic rings. The quantitative estimate of drug-likeness (QED) is 0.507. The van der Waals surface area contributed by atoms with E-state index in [2.05, 4.69) is 30.8 Å². The molecule has 3 aromatic rings. The number of nitrogens with two attached hydrogens (primary N) is 1. The fraction of sp³-hybridized carbons (Fsp3) is 0.263. The lowest BCUT2D eigenvalue weighted by atomic mass is 10.3. The molecule has 1 fully saturated rings. The molecule has 29 heavy (non-hydrogen) atoms. The lowest BCUT2D eigenvalue weighted by Crippen LogP contribution is -2.33. The zero-order valence-corrected chi connectivity index (χ0v) is 16.6. The lowest BCUT2D eigenvalue weighted by molar-refractivity contribution is 0.0786. The van der Waals surface area contributed by atoms with E-state index in [4.69, 9.17) is 17.3 Å². The van der Waals surface area contributed by atoms with E-state index in [0.717, 1.165) is 17.8 Å². The number of aromatic nitrogens is 4. The van der Waals surface area contributed by atoms with Crippen molar-refractivity contribution in [3.63, 3.8) is 0 Å². The van der Waals surface area contributed by atoms with Crippen molar-refractivity contribution < 1.29 is 4.79 Å². The lowest BCUT2D eigenvalue weighted by Gasteiger charge is -2.18. The van der Waals surface area contributed by atoms with Gasteiger partial charge in [0, 0.05) is 41.6 Å². The van der Waals surface area contributed by atoms with Crippen LogP contribution in [0.5, 0.6) is 0 Å². The highest BCUT2D eigenvalue weighted by atomic mass is 35.5. The minimum atomic E-state index is -0.205. The first-order chi connectivity index (χ1) is 14.0. The number of likely N-dealkylation sites (tertiary alicyclic amines) is 1. The van der Waals surface area contributed by atoms with Gasteiger partial charge in [-0.15, -0.1) is 0 Å². The summed E-state index contributed by atoms with van der Waals surface area (Å²) in [4.78, 5) is 23.6. The molecular weight excluding hydrogens is 392 g/mol. The molecule has 1 saturated heterocycles. The van der Waals surface area contributed by atoms with Gasteiger partial charge in [0.2, 0.25) is 0 Å². The van der Waals surface area contributed by atoms with Crippen LogP contribution in [0.2, 0.25) is 5.02 Å². The summed E-state index contributed by atoms with van der Waals surface area (Å²) in [5, 5.41) is 13.9. The molecule has 0 radical (unpaired) electrons. The van der Waals surface area contributed by atoms with Crippen LogP contribution in [-0.2, 0) is 0 Å². The standard InChI is InChI=1S/C19H21ClN8O/c1-11-8-15(27-26-11)24-16-9-22-17(19(29)28-7-6-13(21)10-28)18(25-16)23-14-4-2-12(20)3-5-14/h2-5,8-9,13H,6-7,10,21H2,1H3,(H3,23,24,25,26,27)/t13-/m1/s1. The van der Waals surface area contributed by atoms with Crippen LogP contribution in [-0.4, -0.2) is 50.1 Å². The second-order valence-corrected chi connectivity index (χ2v) is 7.38. The molecule has 4 rings (SSSR count). The highest BCUT2D eigenvalue weighted by Gasteiger charge is 2.28. The highest BCUT2D eigenvalue weighted by molar-refractivity contribution is 6.30. The van der Waals surface area contributed by atoms with Crippen LogP contribution in [0.25, 0.3) is 0 Å². The second-order valence-electron chi connectivity index (χ2n) is 6.95. The van der Waals surface area contributed by atoms with E-state index in [0.29, 0.717) is 35.6 Å². The molecular formula is C19H21ClN8O. The fourth-order valence-electron chi connectivity index (χ4n) is 3.10. The molecule has 1 aliphatic heterocycles. The number of hydrogen-bond acceptors (Lipinski definition) is 7. The predicted molar refractivity (Wildman–Crippen MR) is 112 cm³/mol. The highest BCUT2D eigenvalue weighted by Crippen LogP contribution is 2.24. The summed E-state index contributed by atoms with van der Waals surface area (Å²) in [6.45, 7) is 3.02. The van der Waals surface area contributed by atoms with Crippen molar-refractivity contribution in [3.8, 4) is 0 Å². The molecule has 0 bridgehead atoms. The summed E-state index contributed by atoms with van der Waals surface area (Å²) < 4.78 is 0. The van der Waals surface area contributed by atoms with Crippen molar-refractivity contribution in [1.29, 1.82) is 0 Å². The zero-order valence-electron chi connectivity index (χ0n) is 15.8. The van der Waals surface area contributed by atoms with E-state index in [1.165, 1.54) is 6.20 Å². The molecule has 9 nitrogen and oxygen atoms in total. The number of carbonyl (C=O) groups is 1. The SMILES string of the molecule is Cc1cc(Nc2cnc(C(=O)N3CC[C@@H](N)C3)c(Nc3ccc(Cl)cc3)n2)n[nH]1. The first-order valence-electron chi connectivity index (χ1n) is 9.21. The minimum Gasteiger partial charge on any atom is -0.338 e. The van der Waals surface area contributed by atoms with Gasteiger partial charge in [-0.25, -0.2) is 9.97 Å². The number of nitrogens with zero attached hydrogens (tertiary/aromatic N) is 4. The number of carbonyl (C=O) groups excluding carboxylic acids is 1. The Morgan fingerprint density at radius 3 is 2.72 bits per heavy atom. The molecule has 1 atom stereocenters. The van der Waals surface area contributed by atoms with Crippen molar-refractivity contribution in [2.45, 2.75) is 19.4 Å². The summed E-state index contributed by atoms with van der Waals surface area (Å²) in [5.41, 5.74) is 7.84. The van der Waals surface area contributed by atoms with E-state index in [-0.39, 0.29) is 17.6 Å². The third kappa shape index (κ3) is 4.47. The van der Waals surface area contributed by atoms with E-state index in [9.17, 15) is 4.79 Å². The molecule has 10 heteroatoms. The normalized spacial score (nSPS) is 16.1. The van der Waals surface area contributed by atoms with Crippen LogP contribution in [0.3, 0.4) is 0 Å². The van der Waals surface area contributed by atoms with E-state index < -0.39 is 0 Å². The minimum absolute atomic E-state index is 0.0107. The smallest absolute Gasteiger partial charge is 0.276 e. The number of aryl methyl sites for hydroxylation is 1. The molecule has 1 aromatic carbocycles. The van der Waals surface area contributed by atoms with Crippen molar-refractivity contribution in [3.05, 3.63) is 52.9 Å². The van der Waals surface area contributed by atoms with Gasteiger partial charge in [0.15, 0.2) is 23.1 Å². The number of H-pyrrole nitrogens is 1. The number of amides is 1. The Hall–Kier alpha value is -3.17. The Labute approximate surface area is 172 Å². The molecule has 0 saturated carbocycles. The van der Waals surface area contributed by atoms with E-state index in [1.807, 2.05) is 13.0 Å². The first-order valence-corrected chi connectivity index (χ1v) is 9.59. The van der Waals surface area contributed by atoms with Gasteiger partial charge >= 0.3 is 0 Å². The summed E-state index contributed by atoms with van der Waals surface area (Å²) in [6, 6.07) is 8.96. The van der Waals surface area contributed by atoms with E-state index in [1.54, 1.807) is 29.2 Å². The van der Waals surface area contributed by atoms with Crippen LogP contribution in [0, 0.1) is 6.92 Å². The third-order valence-corrected chi connectivity index (χ3v) is 4.81. The molecule has 0 spiro atoms. The Kier molecular flexibility index (Phi) is 5.32. The maximum atomic E-state index is 13.0. The summed E-state index contributed by atoms with van der Waals surface area (Å²) >= 11 is 5.97. The van der Waals surface area contributed by atoms with Crippen molar-refractivity contribution in [2.75, 3.05) is 23.7 Å². The monoisotopic (exact) mass is 412 g/mol. The maximum Gasteiger partial charge on any atom is 0.276 e. The number of hydrogen-bond donors (Lipinski definition) is 4. The Morgan fingerprint density at radius 1 is 1.28 bits per heavy atom. The fourth-order valence-corrected chi connectivity index (χ4v) is 3.22. The number of halogens is 1. The molecule has 1 amide bonds. The average Bonchev–Trinajstić information content (AvgIpc) is 3.31. The molecule has 5 N–H and O–H groups in total. The predicted octanol–water partition coefficient (Wildman–Crippen LogP) is 2.82. The van der Waals surface area contributed by atoms with Gasteiger partial charge in [-0.2, -0.15) is 5.10 Å². The molecule has 3 heterocycles.